The van der Waals surface area contributed by atoms with E-state index in [4.69, 9.17) is 4.74 Å². The fraction of sp³-hybridized carbons (Fsp3) is 0.368. The van der Waals surface area contributed by atoms with E-state index in [0.717, 1.165) is 35.7 Å². The van der Waals surface area contributed by atoms with Crippen molar-refractivity contribution in [3.8, 4) is 0 Å². The number of carbonyl (C=O) groups is 2. The van der Waals surface area contributed by atoms with Gasteiger partial charge in [-0.15, -0.1) is 0 Å². The smallest absolute Gasteiger partial charge is 0.230 e. The van der Waals surface area contributed by atoms with Crippen molar-refractivity contribution in [2.75, 3.05) is 6.61 Å². The maximum absolute atomic E-state index is 12.7. The van der Waals surface area contributed by atoms with E-state index in [1.807, 2.05) is 31.2 Å². The molecule has 0 atom stereocenters. The van der Waals surface area contributed by atoms with Gasteiger partial charge in [0.1, 0.15) is 0 Å². The van der Waals surface area contributed by atoms with Crippen molar-refractivity contribution in [3.63, 3.8) is 0 Å². The van der Waals surface area contributed by atoms with Gasteiger partial charge in [-0.2, -0.15) is 0 Å². The Morgan fingerprint density at radius 3 is 2.61 bits per heavy atom. The van der Waals surface area contributed by atoms with E-state index in [2.05, 4.69) is 15.9 Å². The highest BCUT2D eigenvalue weighted by Crippen LogP contribution is 2.20. The fourth-order valence-corrected chi connectivity index (χ4v) is 2.58. The molecule has 4 heteroatoms. The molecule has 1 heterocycles. The molecule has 0 saturated carbocycles. The van der Waals surface area contributed by atoms with Crippen LogP contribution in [-0.2, 0) is 14.3 Å². The lowest BCUT2D eigenvalue weighted by Gasteiger charge is -2.15. The first-order valence-corrected chi connectivity index (χ1v) is 8.79. The normalized spacial score (nSPS) is 14.9. The van der Waals surface area contributed by atoms with Gasteiger partial charge in [0.25, 0.3) is 0 Å². The van der Waals surface area contributed by atoms with Crippen LogP contribution >= 0.6 is 15.9 Å². The van der Waals surface area contributed by atoms with Gasteiger partial charge in [0.15, 0.2) is 11.5 Å². The Kier molecular flexibility index (Phi) is 6.78. The first kappa shape index (κ1) is 17.7. The molecule has 0 spiro atoms. The Labute approximate surface area is 145 Å². The van der Waals surface area contributed by atoms with Crippen molar-refractivity contribution >= 4 is 33.6 Å². The van der Waals surface area contributed by atoms with Crippen LogP contribution in [0.2, 0.25) is 0 Å². The minimum absolute atomic E-state index is 0.116. The zero-order valence-corrected chi connectivity index (χ0v) is 14.9. The third kappa shape index (κ3) is 5.17. The maximum Gasteiger partial charge on any atom is 0.230 e. The van der Waals surface area contributed by atoms with Crippen LogP contribution in [0.25, 0.3) is 6.08 Å². The van der Waals surface area contributed by atoms with Crippen LogP contribution in [0, 0.1) is 0 Å². The van der Waals surface area contributed by atoms with Gasteiger partial charge in [-0.1, -0.05) is 41.4 Å². The Balaban J connectivity index is 2.30. The summed E-state index contributed by atoms with van der Waals surface area (Å²) in [6, 6.07) is 7.53. The number of rotatable bonds is 7. The summed E-state index contributed by atoms with van der Waals surface area (Å²) in [5.74, 6) is -0.104. The zero-order valence-electron chi connectivity index (χ0n) is 13.3. The van der Waals surface area contributed by atoms with Gasteiger partial charge in [0.2, 0.25) is 5.78 Å². The summed E-state index contributed by atoms with van der Waals surface area (Å²) in [6.45, 7) is 2.56. The van der Waals surface area contributed by atoms with E-state index in [0.29, 0.717) is 18.8 Å². The molecule has 0 bridgehead atoms. The zero-order chi connectivity index (χ0) is 16.7. The predicted molar refractivity (Wildman–Crippen MR) is 94.9 cm³/mol. The summed E-state index contributed by atoms with van der Waals surface area (Å²) in [5.41, 5.74) is 1.05. The second kappa shape index (κ2) is 8.82. The molecule has 1 aliphatic rings. The molecular formula is C19H21BrO3. The fourth-order valence-electron chi connectivity index (χ4n) is 2.32. The van der Waals surface area contributed by atoms with Crippen molar-refractivity contribution in [3.05, 3.63) is 51.7 Å². The van der Waals surface area contributed by atoms with Crippen LogP contribution in [0.1, 0.15) is 44.6 Å². The van der Waals surface area contributed by atoms with Crippen LogP contribution in [0.5, 0.6) is 0 Å². The first-order valence-electron chi connectivity index (χ1n) is 8.00. The third-order valence-electron chi connectivity index (χ3n) is 3.64. The standard InChI is InChI=1S/C19H21BrO3/c1-2-3-6-17(21)16(13-14-8-10-15(20)11-9-14)19(22)18-7-4-5-12-23-18/h7-11,13H,2-6,12H2,1H3. The molecular weight excluding hydrogens is 356 g/mol. The first-order chi connectivity index (χ1) is 11.1. The largest absolute Gasteiger partial charge is 0.490 e. The highest BCUT2D eigenvalue weighted by molar-refractivity contribution is 9.10. The Bertz CT molecular complexity index is 627. The van der Waals surface area contributed by atoms with E-state index in [-0.39, 0.29) is 17.1 Å². The molecule has 0 N–H and O–H groups in total. The molecule has 0 unspecified atom stereocenters. The number of carbonyl (C=O) groups excluding carboxylic acids is 2. The lowest BCUT2D eigenvalue weighted by atomic mass is 9.97. The number of Topliss-reactive ketones (excluding diaryl/α,β-unsaturated/α-hetero) is 2. The minimum atomic E-state index is -0.297. The number of ether oxygens (including phenoxy) is 1. The molecule has 0 saturated heterocycles. The number of ketones is 2. The number of unbranched alkanes of at least 4 members (excludes halogenated alkanes) is 1. The van der Waals surface area contributed by atoms with E-state index in [1.165, 1.54) is 0 Å². The SMILES string of the molecule is CCCCC(=O)C(=Cc1ccc(Br)cc1)C(=O)C1=CCCCO1. The summed E-state index contributed by atoms with van der Waals surface area (Å²) >= 11 is 3.38. The molecule has 3 nitrogen and oxygen atoms in total. The number of hydrogen-bond acceptors (Lipinski definition) is 3. The number of benzene rings is 1. The summed E-state index contributed by atoms with van der Waals surface area (Å²) < 4.78 is 6.40. The van der Waals surface area contributed by atoms with Gasteiger partial charge in [-0.3, -0.25) is 9.59 Å². The van der Waals surface area contributed by atoms with Crippen molar-refractivity contribution in [2.45, 2.75) is 39.0 Å². The van der Waals surface area contributed by atoms with Crippen molar-refractivity contribution in [1.82, 2.24) is 0 Å². The van der Waals surface area contributed by atoms with Crippen LogP contribution in [0.4, 0.5) is 0 Å². The lowest BCUT2D eigenvalue weighted by molar-refractivity contribution is -0.121. The monoisotopic (exact) mass is 376 g/mol. The van der Waals surface area contributed by atoms with Gasteiger partial charge in [-0.05, 0) is 49.1 Å². The highest BCUT2D eigenvalue weighted by atomic mass is 79.9. The Morgan fingerprint density at radius 1 is 1.26 bits per heavy atom. The number of allylic oxidation sites excluding steroid dienone is 2. The molecule has 1 aliphatic heterocycles. The molecule has 23 heavy (non-hydrogen) atoms. The average Bonchev–Trinajstić information content (AvgIpc) is 2.59. The average molecular weight is 377 g/mol. The van der Waals surface area contributed by atoms with Gasteiger partial charge in [0.05, 0.1) is 12.2 Å². The lowest BCUT2D eigenvalue weighted by Crippen LogP contribution is -2.18. The molecule has 0 amide bonds. The second-order valence-electron chi connectivity index (χ2n) is 5.52. The summed E-state index contributed by atoms with van der Waals surface area (Å²) in [5, 5.41) is 0. The van der Waals surface area contributed by atoms with E-state index >= 15 is 0 Å². The second-order valence-corrected chi connectivity index (χ2v) is 6.44. The summed E-state index contributed by atoms with van der Waals surface area (Å²) in [4.78, 5) is 25.2. The highest BCUT2D eigenvalue weighted by Gasteiger charge is 2.23. The van der Waals surface area contributed by atoms with Crippen LogP contribution < -0.4 is 0 Å². The van der Waals surface area contributed by atoms with Crippen molar-refractivity contribution in [2.24, 2.45) is 0 Å². The molecule has 0 fully saturated rings. The quantitative estimate of drug-likeness (QED) is 0.387. The molecule has 1 aromatic carbocycles. The van der Waals surface area contributed by atoms with Crippen molar-refractivity contribution in [1.29, 1.82) is 0 Å². The van der Waals surface area contributed by atoms with Crippen LogP contribution in [-0.4, -0.2) is 18.2 Å². The maximum atomic E-state index is 12.7. The van der Waals surface area contributed by atoms with E-state index in [1.54, 1.807) is 12.2 Å². The van der Waals surface area contributed by atoms with E-state index < -0.39 is 0 Å². The van der Waals surface area contributed by atoms with Gasteiger partial charge in [-0.25, -0.2) is 0 Å². The van der Waals surface area contributed by atoms with Gasteiger partial charge >= 0.3 is 0 Å². The molecule has 122 valence electrons. The summed E-state index contributed by atoms with van der Waals surface area (Å²) in [6.07, 6.45) is 7.27. The molecule has 2 rings (SSSR count). The van der Waals surface area contributed by atoms with Gasteiger partial charge in [0, 0.05) is 10.9 Å². The Morgan fingerprint density at radius 2 is 2.00 bits per heavy atom. The minimum Gasteiger partial charge on any atom is -0.490 e. The number of halogens is 1. The van der Waals surface area contributed by atoms with Gasteiger partial charge < -0.3 is 4.74 Å². The van der Waals surface area contributed by atoms with Crippen LogP contribution in [0.3, 0.4) is 0 Å². The Hall–Kier alpha value is -1.68. The molecule has 0 aromatic heterocycles. The van der Waals surface area contributed by atoms with E-state index in [9.17, 15) is 9.59 Å². The number of hydrogen-bond donors (Lipinski definition) is 0. The third-order valence-corrected chi connectivity index (χ3v) is 4.17. The molecule has 0 aliphatic carbocycles. The molecule has 1 aromatic rings. The predicted octanol–water partition coefficient (Wildman–Crippen LogP) is 4.86. The molecule has 0 radical (unpaired) electrons. The van der Waals surface area contributed by atoms with Crippen molar-refractivity contribution < 1.29 is 14.3 Å². The topological polar surface area (TPSA) is 43.4 Å². The summed E-state index contributed by atoms with van der Waals surface area (Å²) in [7, 11) is 0. The van der Waals surface area contributed by atoms with Crippen LogP contribution in [0.15, 0.2) is 46.1 Å².